The second kappa shape index (κ2) is 8.30. The van der Waals surface area contributed by atoms with Crippen molar-refractivity contribution >= 4 is 33.9 Å². The molecule has 1 aliphatic heterocycles. The van der Waals surface area contributed by atoms with Crippen molar-refractivity contribution in [3.8, 4) is 6.07 Å². The zero-order valence-electron chi connectivity index (χ0n) is 17.8. The van der Waals surface area contributed by atoms with E-state index in [0.29, 0.717) is 22.2 Å². The lowest BCUT2D eigenvalue weighted by Gasteiger charge is -2.25. The number of Topliss-reactive ketones (excluding diaryl/α,β-unsaturated/α-hetero) is 1. The molecule has 0 aromatic heterocycles. The predicted octanol–water partition coefficient (Wildman–Crippen LogP) is 5.48. The molecule has 1 saturated heterocycles. The molecule has 1 unspecified atom stereocenters. The molecule has 0 saturated carbocycles. The Morgan fingerprint density at radius 2 is 1.56 bits per heavy atom. The van der Waals surface area contributed by atoms with Crippen molar-refractivity contribution in [2.24, 2.45) is 0 Å². The van der Waals surface area contributed by atoms with E-state index >= 15 is 0 Å². The molecule has 5 rings (SSSR count). The number of rotatable bonds is 3. The minimum Gasteiger partial charge on any atom is -0.507 e. The minimum absolute atomic E-state index is 0.0767. The van der Waals surface area contributed by atoms with Gasteiger partial charge >= 0.3 is 0 Å². The number of carbonyl (C=O) groups excluding carboxylic acids is 2. The van der Waals surface area contributed by atoms with Crippen LogP contribution in [0.2, 0.25) is 0 Å². The Morgan fingerprint density at radius 1 is 0.882 bits per heavy atom. The number of carbonyl (C=O) groups is 2. The van der Waals surface area contributed by atoms with E-state index in [1.165, 1.54) is 47.4 Å². The number of aliphatic hydroxyl groups excluding tert-OH is 1. The molecule has 1 amide bonds. The standard InChI is InChI=1S/C28H17FN2O3/c29-23-11-4-3-9-22(23)25-24(26(32)21-10-5-7-18-6-1-2-8-20(18)21)27(33)28(34)31(25)19-14-12-17(16-30)13-15-19/h1-15,25,32H/b26-24+. The Bertz CT molecular complexity index is 1530. The second-order valence-corrected chi connectivity index (χ2v) is 7.88. The van der Waals surface area contributed by atoms with Gasteiger partial charge in [-0.2, -0.15) is 5.26 Å². The van der Waals surface area contributed by atoms with Crippen molar-refractivity contribution in [2.75, 3.05) is 4.90 Å². The number of anilines is 1. The molecule has 4 aromatic carbocycles. The summed E-state index contributed by atoms with van der Waals surface area (Å²) in [5.41, 5.74) is 0.936. The maximum absolute atomic E-state index is 15.0. The Hall–Kier alpha value is -4.76. The van der Waals surface area contributed by atoms with E-state index in [2.05, 4.69) is 0 Å². The summed E-state index contributed by atoms with van der Waals surface area (Å²) in [6.07, 6.45) is 0. The summed E-state index contributed by atoms with van der Waals surface area (Å²) in [6.45, 7) is 0. The SMILES string of the molecule is N#Cc1ccc(N2C(=O)C(=O)/C(=C(/O)c3cccc4ccccc34)C2c2ccccc2F)cc1. The van der Waals surface area contributed by atoms with Crippen LogP contribution in [-0.2, 0) is 9.59 Å². The summed E-state index contributed by atoms with van der Waals surface area (Å²) in [6, 6.07) is 25.3. The summed E-state index contributed by atoms with van der Waals surface area (Å²) < 4.78 is 15.0. The largest absolute Gasteiger partial charge is 0.507 e. The van der Waals surface area contributed by atoms with Gasteiger partial charge in [0.1, 0.15) is 11.6 Å². The average Bonchev–Trinajstić information content (AvgIpc) is 3.13. The minimum atomic E-state index is -1.19. The molecule has 5 nitrogen and oxygen atoms in total. The first-order chi connectivity index (χ1) is 16.5. The van der Waals surface area contributed by atoms with Crippen LogP contribution in [-0.4, -0.2) is 16.8 Å². The maximum Gasteiger partial charge on any atom is 0.300 e. The lowest BCUT2D eigenvalue weighted by molar-refractivity contribution is -0.132. The number of hydrogen-bond donors (Lipinski definition) is 1. The summed E-state index contributed by atoms with van der Waals surface area (Å²) >= 11 is 0. The van der Waals surface area contributed by atoms with Gasteiger partial charge in [0.15, 0.2) is 0 Å². The van der Waals surface area contributed by atoms with Crippen LogP contribution < -0.4 is 4.90 Å². The molecule has 1 atom stereocenters. The molecule has 1 fully saturated rings. The third-order valence-corrected chi connectivity index (χ3v) is 5.96. The molecular formula is C28H17FN2O3. The monoisotopic (exact) mass is 448 g/mol. The molecule has 0 spiro atoms. The normalized spacial score (nSPS) is 17.2. The highest BCUT2D eigenvalue weighted by atomic mass is 19.1. The third kappa shape index (κ3) is 3.31. The van der Waals surface area contributed by atoms with Gasteiger partial charge in [0.25, 0.3) is 11.7 Å². The molecule has 164 valence electrons. The van der Waals surface area contributed by atoms with Gasteiger partial charge < -0.3 is 5.11 Å². The van der Waals surface area contributed by atoms with E-state index in [9.17, 15) is 19.1 Å². The van der Waals surface area contributed by atoms with Crippen molar-refractivity contribution in [3.05, 3.63) is 119 Å². The van der Waals surface area contributed by atoms with Crippen LogP contribution >= 0.6 is 0 Å². The van der Waals surface area contributed by atoms with E-state index < -0.39 is 23.5 Å². The van der Waals surface area contributed by atoms with Gasteiger partial charge in [-0.1, -0.05) is 60.7 Å². The van der Waals surface area contributed by atoms with Gasteiger partial charge in [-0.3, -0.25) is 14.5 Å². The van der Waals surface area contributed by atoms with Crippen LogP contribution in [0.4, 0.5) is 10.1 Å². The molecule has 4 aromatic rings. The summed E-state index contributed by atoms with van der Waals surface area (Å²) in [5.74, 6) is -2.79. The summed E-state index contributed by atoms with van der Waals surface area (Å²) in [5, 5.41) is 22.0. The zero-order valence-corrected chi connectivity index (χ0v) is 17.8. The molecule has 34 heavy (non-hydrogen) atoms. The number of fused-ring (bicyclic) bond motifs is 1. The van der Waals surface area contributed by atoms with Gasteiger partial charge in [0, 0.05) is 16.8 Å². The first-order valence-electron chi connectivity index (χ1n) is 10.5. The van der Waals surface area contributed by atoms with Crippen LogP contribution in [0, 0.1) is 17.1 Å². The molecular weight excluding hydrogens is 431 g/mol. The zero-order chi connectivity index (χ0) is 23.8. The Labute approximate surface area is 194 Å². The van der Waals surface area contributed by atoms with Crippen molar-refractivity contribution in [3.63, 3.8) is 0 Å². The Morgan fingerprint density at radius 3 is 2.29 bits per heavy atom. The van der Waals surface area contributed by atoms with Crippen LogP contribution in [0.5, 0.6) is 0 Å². The van der Waals surface area contributed by atoms with Crippen molar-refractivity contribution in [1.29, 1.82) is 5.26 Å². The van der Waals surface area contributed by atoms with Crippen molar-refractivity contribution in [1.82, 2.24) is 0 Å². The molecule has 1 heterocycles. The van der Waals surface area contributed by atoms with Crippen LogP contribution in [0.1, 0.15) is 22.7 Å². The Balaban J connectivity index is 1.78. The summed E-state index contributed by atoms with van der Waals surface area (Å²) in [4.78, 5) is 27.6. The quantitative estimate of drug-likeness (QED) is 0.256. The molecule has 6 heteroatoms. The fourth-order valence-electron chi connectivity index (χ4n) is 4.36. The average molecular weight is 448 g/mol. The lowest BCUT2D eigenvalue weighted by atomic mass is 9.93. The number of nitrogens with zero attached hydrogens (tertiary/aromatic N) is 2. The highest BCUT2D eigenvalue weighted by Gasteiger charge is 2.47. The molecule has 0 aliphatic carbocycles. The van der Waals surface area contributed by atoms with Gasteiger partial charge in [-0.05, 0) is 41.1 Å². The fraction of sp³-hybridized carbons (Fsp3) is 0.0357. The smallest absolute Gasteiger partial charge is 0.300 e. The molecule has 0 bridgehead atoms. The first-order valence-corrected chi connectivity index (χ1v) is 10.5. The van der Waals surface area contributed by atoms with Gasteiger partial charge in [0.05, 0.1) is 23.2 Å². The number of aliphatic hydroxyl groups is 1. The second-order valence-electron chi connectivity index (χ2n) is 7.88. The van der Waals surface area contributed by atoms with Gasteiger partial charge in [-0.25, -0.2) is 4.39 Å². The number of benzene rings is 4. The summed E-state index contributed by atoms with van der Waals surface area (Å²) in [7, 11) is 0. The van der Waals surface area contributed by atoms with E-state index in [1.807, 2.05) is 30.3 Å². The van der Waals surface area contributed by atoms with E-state index in [4.69, 9.17) is 5.26 Å². The molecule has 1 aliphatic rings. The topological polar surface area (TPSA) is 81.4 Å². The van der Waals surface area contributed by atoms with Crippen molar-refractivity contribution < 1.29 is 19.1 Å². The van der Waals surface area contributed by atoms with E-state index in [1.54, 1.807) is 24.3 Å². The Kier molecular flexibility index (Phi) is 5.15. The number of hydrogen-bond acceptors (Lipinski definition) is 4. The lowest BCUT2D eigenvalue weighted by Crippen LogP contribution is -2.29. The van der Waals surface area contributed by atoms with Crippen LogP contribution in [0.3, 0.4) is 0 Å². The van der Waals surface area contributed by atoms with Crippen LogP contribution in [0.25, 0.3) is 16.5 Å². The number of amides is 1. The van der Waals surface area contributed by atoms with Crippen molar-refractivity contribution in [2.45, 2.75) is 6.04 Å². The number of halogens is 1. The van der Waals surface area contributed by atoms with E-state index in [-0.39, 0.29) is 16.9 Å². The maximum atomic E-state index is 15.0. The fourth-order valence-corrected chi connectivity index (χ4v) is 4.36. The molecule has 1 N–H and O–H groups in total. The van der Waals surface area contributed by atoms with E-state index in [0.717, 1.165) is 5.39 Å². The highest BCUT2D eigenvalue weighted by Crippen LogP contribution is 2.43. The van der Waals surface area contributed by atoms with Gasteiger partial charge in [-0.15, -0.1) is 0 Å². The predicted molar refractivity (Wildman–Crippen MR) is 126 cm³/mol. The highest BCUT2D eigenvalue weighted by molar-refractivity contribution is 6.51. The van der Waals surface area contributed by atoms with Crippen LogP contribution in [0.15, 0.2) is 96.6 Å². The number of ketones is 1. The first kappa shape index (κ1) is 21.1. The number of nitriles is 1. The van der Waals surface area contributed by atoms with Gasteiger partial charge in [0.2, 0.25) is 0 Å². The molecule has 0 radical (unpaired) electrons. The third-order valence-electron chi connectivity index (χ3n) is 5.96.